The normalized spacial score (nSPS) is 12.9. The summed E-state index contributed by atoms with van der Waals surface area (Å²) in [6.45, 7) is 2.32. The van der Waals surface area contributed by atoms with Crippen molar-refractivity contribution in [1.29, 1.82) is 0 Å². The van der Waals surface area contributed by atoms with E-state index in [0.29, 0.717) is 12.2 Å². The van der Waals surface area contributed by atoms with Crippen molar-refractivity contribution in [2.24, 2.45) is 0 Å². The standard InChI is InChI=1S/C10H12F2O/c1-7(6-13-2)8-3-9(11)5-10(12)4-8/h3-5,7H,6H2,1-2H3. The number of methoxy groups -OCH3 is 1. The van der Waals surface area contributed by atoms with Crippen LogP contribution in [0.4, 0.5) is 8.78 Å². The Morgan fingerprint density at radius 2 is 1.77 bits per heavy atom. The van der Waals surface area contributed by atoms with E-state index in [1.54, 1.807) is 7.11 Å². The summed E-state index contributed by atoms with van der Waals surface area (Å²) in [6, 6.07) is 3.52. The fourth-order valence-corrected chi connectivity index (χ4v) is 1.21. The summed E-state index contributed by atoms with van der Waals surface area (Å²) in [5.74, 6) is -1.08. The van der Waals surface area contributed by atoms with Gasteiger partial charge in [-0.2, -0.15) is 0 Å². The molecule has 3 heteroatoms. The van der Waals surface area contributed by atoms with Gasteiger partial charge < -0.3 is 4.74 Å². The van der Waals surface area contributed by atoms with Gasteiger partial charge in [0.15, 0.2) is 0 Å². The van der Waals surface area contributed by atoms with Crippen LogP contribution < -0.4 is 0 Å². The zero-order chi connectivity index (χ0) is 9.84. The molecule has 72 valence electrons. The van der Waals surface area contributed by atoms with E-state index in [4.69, 9.17) is 4.74 Å². The molecule has 0 fully saturated rings. The Hall–Kier alpha value is -0.960. The number of rotatable bonds is 3. The van der Waals surface area contributed by atoms with E-state index in [1.807, 2.05) is 6.92 Å². The summed E-state index contributed by atoms with van der Waals surface area (Å²) in [5.41, 5.74) is 0.624. The van der Waals surface area contributed by atoms with Gasteiger partial charge in [-0.15, -0.1) is 0 Å². The molecule has 1 nitrogen and oxygen atoms in total. The summed E-state index contributed by atoms with van der Waals surface area (Å²) in [4.78, 5) is 0. The Morgan fingerprint density at radius 3 is 2.23 bits per heavy atom. The van der Waals surface area contributed by atoms with Crippen LogP contribution in [0.15, 0.2) is 18.2 Å². The molecule has 1 unspecified atom stereocenters. The van der Waals surface area contributed by atoms with Gasteiger partial charge in [0.05, 0.1) is 6.61 Å². The Kier molecular flexibility index (Phi) is 3.37. The molecule has 13 heavy (non-hydrogen) atoms. The molecule has 0 saturated heterocycles. The lowest BCUT2D eigenvalue weighted by Crippen LogP contribution is -2.02. The highest BCUT2D eigenvalue weighted by atomic mass is 19.1. The topological polar surface area (TPSA) is 9.23 Å². The van der Waals surface area contributed by atoms with Crippen molar-refractivity contribution in [1.82, 2.24) is 0 Å². The minimum atomic E-state index is -0.544. The first-order valence-corrected chi connectivity index (χ1v) is 4.08. The molecule has 0 aliphatic rings. The zero-order valence-electron chi connectivity index (χ0n) is 7.68. The first kappa shape index (κ1) is 10.1. The van der Waals surface area contributed by atoms with E-state index in [2.05, 4.69) is 0 Å². The molecule has 0 aromatic heterocycles. The van der Waals surface area contributed by atoms with E-state index in [9.17, 15) is 8.78 Å². The second-order valence-corrected chi connectivity index (χ2v) is 3.06. The van der Waals surface area contributed by atoms with Crippen molar-refractivity contribution in [3.63, 3.8) is 0 Å². The van der Waals surface area contributed by atoms with Gasteiger partial charge in [0.1, 0.15) is 11.6 Å². The average Bonchev–Trinajstić information content (AvgIpc) is 2.03. The average molecular weight is 186 g/mol. The third kappa shape index (κ3) is 2.77. The van der Waals surface area contributed by atoms with E-state index in [1.165, 1.54) is 12.1 Å². The van der Waals surface area contributed by atoms with E-state index < -0.39 is 11.6 Å². The largest absolute Gasteiger partial charge is 0.384 e. The van der Waals surface area contributed by atoms with E-state index in [-0.39, 0.29) is 5.92 Å². The molecule has 0 aliphatic carbocycles. The number of halogens is 2. The van der Waals surface area contributed by atoms with Crippen molar-refractivity contribution in [3.8, 4) is 0 Å². The van der Waals surface area contributed by atoms with Crippen molar-refractivity contribution in [3.05, 3.63) is 35.4 Å². The van der Waals surface area contributed by atoms with Crippen LogP contribution in [0.3, 0.4) is 0 Å². The van der Waals surface area contributed by atoms with Crippen molar-refractivity contribution in [2.45, 2.75) is 12.8 Å². The van der Waals surface area contributed by atoms with Crippen LogP contribution in [-0.4, -0.2) is 13.7 Å². The Balaban J connectivity index is 2.87. The Morgan fingerprint density at radius 1 is 1.23 bits per heavy atom. The molecular formula is C10H12F2O. The molecule has 0 amide bonds. The molecule has 0 radical (unpaired) electrons. The maximum atomic E-state index is 12.7. The minimum Gasteiger partial charge on any atom is -0.384 e. The lowest BCUT2D eigenvalue weighted by atomic mass is 10.0. The number of ether oxygens (including phenoxy) is 1. The van der Waals surface area contributed by atoms with Crippen LogP contribution in [0.2, 0.25) is 0 Å². The van der Waals surface area contributed by atoms with Crippen LogP contribution in [0.5, 0.6) is 0 Å². The Labute approximate surface area is 76.3 Å². The molecule has 0 saturated carbocycles. The number of benzene rings is 1. The van der Waals surface area contributed by atoms with Gasteiger partial charge in [0.2, 0.25) is 0 Å². The highest BCUT2D eigenvalue weighted by Gasteiger charge is 2.07. The van der Waals surface area contributed by atoms with Gasteiger partial charge in [0.25, 0.3) is 0 Å². The fourth-order valence-electron chi connectivity index (χ4n) is 1.21. The number of hydrogen-bond acceptors (Lipinski definition) is 1. The van der Waals surface area contributed by atoms with Gasteiger partial charge in [-0.25, -0.2) is 8.78 Å². The molecular weight excluding hydrogens is 174 g/mol. The van der Waals surface area contributed by atoms with Gasteiger partial charge in [-0.1, -0.05) is 6.92 Å². The highest BCUT2D eigenvalue weighted by Crippen LogP contribution is 2.17. The Bertz CT molecular complexity index is 266. The monoisotopic (exact) mass is 186 g/mol. The SMILES string of the molecule is COCC(C)c1cc(F)cc(F)c1. The molecule has 0 N–H and O–H groups in total. The predicted octanol–water partition coefficient (Wildman–Crippen LogP) is 2.71. The third-order valence-electron chi connectivity index (χ3n) is 1.87. The molecule has 0 bridgehead atoms. The second kappa shape index (κ2) is 4.33. The van der Waals surface area contributed by atoms with Crippen molar-refractivity contribution >= 4 is 0 Å². The van der Waals surface area contributed by atoms with Gasteiger partial charge in [-0.05, 0) is 17.7 Å². The summed E-state index contributed by atoms with van der Waals surface area (Å²) < 4.78 is 30.4. The fraction of sp³-hybridized carbons (Fsp3) is 0.400. The molecule has 1 aromatic rings. The van der Waals surface area contributed by atoms with Gasteiger partial charge in [0, 0.05) is 19.1 Å². The smallest absolute Gasteiger partial charge is 0.126 e. The maximum absolute atomic E-state index is 12.7. The molecule has 0 aliphatic heterocycles. The first-order chi connectivity index (χ1) is 6.13. The van der Waals surface area contributed by atoms with Crippen LogP contribution in [-0.2, 0) is 4.74 Å². The molecule has 0 spiro atoms. The molecule has 1 rings (SSSR count). The van der Waals surface area contributed by atoms with Crippen LogP contribution in [0.1, 0.15) is 18.4 Å². The number of hydrogen-bond donors (Lipinski definition) is 0. The molecule has 1 atom stereocenters. The minimum absolute atomic E-state index is 0.00944. The van der Waals surface area contributed by atoms with E-state index >= 15 is 0 Å². The lowest BCUT2D eigenvalue weighted by Gasteiger charge is -2.10. The lowest BCUT2D eigenvalue weighted by molar-refractivity contribution is 0.184. The van der Waals surface area contributed by atoms with Crippen molar-refractivity contribution in [2.75, 3.05) is 13.7 Å². The molecule has 1 aromatic carbocycles. The first-order valence-electron chi connectivity index (χ1n) is 4.08. The second-order valence-electron chi connectivity index (χ2n) is 3.06. The van der Waals surface area contributed by atoms with Gasteiger partial charge >= 0.3 is 0 Å². The van der Waals surface area contributed by atoms with Crippen LogP contribution in [0.25, 0.3) is 0 Å². The van der Waals surface area contributed by atoms with Gasteiger partial charge in [-0.3, -0.25) is 0 Å². The maximum Gasteiger partial charge on any atom is 0.126 e. The summed E-state index contributed by atoms with van der Waals surface area (Å²) in [5, 5.41) is 0. The third-order valence-corrected chi connectivity index (χ3v) is 1.87. The predicted molar refractivity (Wildman–Crippen MR) is 46.6 cm³/mol. The summed E-state index contributed by atoms with van der Waals surface area (Å²) in [7, 11) is 1.56. The molecule has 0 heterocycles. The van der Waals surface area contributed by atoms with Crippen LogP contribution in [0, 0.1) is 11.6 Å². The summed E-state index contributed by atoms with van der Waals surface area (Å²) >= 11 is 0. The quantitative estimate of drug-likeness (QED) is 0.705. The zero-order valence-corrected chi connectivity index (χ0v) is 7.68. The summed E-state index contributed by atoms with van der Waals surface area (Å²) in [6.07, 6.45) is 0. The van der Waals surface area contributed by atoms with E-state index in [0.717, 1.165) is 6.07 Å². The highest BCUT2D eigenvalue weighted by molar-refractivity contribution is 5.21. The van der Waals surface area contributed by atoms with Crippen LogP contribution >= 0.6 is 0 Å². The van der Waals surface area contributed by atoms with Crippen molar-refractivity contribution < 1.29 is 13.5 Å².